The molecule has 8 heteroatoms. The van der Waals surface area contributed by atoms with Crippen molar-refractivity contribution in [3.8, 4) is 0 Å². The molecule has 0 N–H and O–H groups in total. The maximum absolute atomic E-state index is 12.4. The molecule has 0 radical (unpaired) electrons. The van der Waals surface area contributed by atoms with Crippen LogP contribution < -0.4 is 0 Å². The Morgan fingerprint density at radius 1 is 0.806 bits per heavy atom. The van der Waals surface area contributed by atoms with Gasteiger partial charge in [0, 0.05) is 50.9 Å². The monoisotopic (exact) mass is 506 g/mol. The number of hydrogen-bond acceptors (Lipinski definition) is 8. The van der Waals surface area contributed by atoms with E-state index in [-0.39, 0.29) is 58.6 Å². The van der Waals surface area contributed by atoms with Gasteiger partial charge < -0.3 is 18.9 Å². The van der Waals surface area contributed by atoms with Crippen LogP contribution in [-0.2, 0) is 38.1 Å². The second-order valence-corrected chi connectivity index (χ2v) is 12.6. The maximum atomic E-state index is 12.4. The highest BCUT2D eigenvalue weighted by Gasteiger charge is 2.72. The van der Waals surface area contributed by atoms with Crippen molar-refractivity contribution in [2.24, 2.45) is 34.0 Å². The summed E-state index contributed by atoms with van der Waals surface area (Å²) in [5, 5.41) is 0. The molecule has 4 rings (SSSR count). The number of carbonyl (C=O) groups excluding carboxylic acids is 4. The first kappa shape index (κ1) is 26.9. The first-order valence-electron chi connectivity index (χ1n) is 13.4. The zero-order valence-corrected chi connectivity index (χ0v) is 22.6. The smallest absolute Gasteiger partial charge is 0.303 e. The van der Waals surface area contributed by atoms with Crippen molar-refractivity contribution in [2.75, 3.05) is 13.2 Å². The summed E-state index contributed by atoms with van der Waals surface area (Å²) in [6, 6.07) is 0. The molecule has 36 heavy (non-hydrogen) atoms. The number of carbonyl (C=O) groups is 4. The molecule has 0 aromatic rings. The van der Waals surface area contributed by atoms with Crippen LogP contribution in [0.2, 0.25) is 0 Å². The molecule has 202 valence electrons. The highest BCUT2D eigenvalue weighted by molar-refractivity contribution is 5.68. The Morgan fingerprint density at radius 2 is 1.47 bits per heavy atom. The second-order valence-electron chi connectivity index (χ2n) is 12.6. The van der Waals surface area contributed by atoms with Crippen LogP contribution in [0.25, 0.3) is 0 Å². The summed E-state index contributed by atoms with van der Waals surface area (Å²) in [6.07, 6.45) is 6.48. The highest BCUT2D eigenvalue weighted by atomic mass is 16.6. The van der Waals surface area contributed by atoms with E-state index in [1.165, 1.54) is 27.7 Å². The zero-order valence-electron chi connectivity index (χ0n) is 22.6. The molecular formula is C28H42O8. The fourth-order valence-corrected chi connectivity index (χ4v) is 9.23. The number of esters is 4. The predicted octanol–water partition coefficient (Wildman–Crippen LogP) is 4.37. The quantitative estimate of drug-likeness (QED) is 0.386. The second kappa shape index (κ2) is 9.32. The van der Waals surface area contributed by atoms with Crippen LogP contribution in [0.4, 0.5) is 0 Å². The Kier molecular flexibility index (Phi) is 6.97. The third-order valence-corrected chi connectivity index (χ3v) is 10.3. The lowest BCUT2D eigenvalue weighted by Crippen LogP contribution is -2.63. The fourth-order valence-electron chi connectivity index (χ4n) is 9.23. The summed E-state index contributed by atoms with van der Waals surface area (Å²) in [6.45, 7) is 10.6. The minimum absolute atomic E-state index is 0.0259. The first-order chi connectivity index (χ1) is 16.8. The molecule has 0 unspecified atom stereocenters. The maximum Gasteiger partial charge on any atom is 0.303 e. The summed E-state index contributed by atoms with van der Waals surface area (Å²) >= 11 is 0. The molecule has 2 bridgehead atoms. The van der Waals surface area contributed by atoms with E-state index < -0.39 is 17.5 Å². The average molecular weight is 507 g/mol. The Morgan fingerprint density at radius 3 is 2.08 bits per heavy atom. The van der Waals surface area contributed by atoms with Gasteiger partial charge in [-0.1, -0.05) is 20.3 Å². The van der Waals surface area contributed by atoms with Crippen molar-refractivity contribution in [3.63, 3.8) is 0 Å². The molecular weight excluding hydrogens is 464 g/mol. The summed E-state index contributed by atoms with van der Waals surface area (Å²) in [4.78, 5) is 48.1. The van der Waals surface area contributed by atoms with Crippen LogP contribution in [-0.4, -0.2) is 48.8 Å². The predicted molar refractivity (Wildman–Crippen MR) is 129 cm³/mol. The van der Waals surface area contributed by atoms with Crippen molar-refractivity contribution in [3.05, 3.63) is 0 Å². The van der Waals surface area contributed by atoms with E-state index in [0.717, 1.165) is 38.5 Å². The molecule has 1 spiro atoms. The lowest BCUT2D eigenvalue weighted by Gasteiger charge is -2.65. The largest absolute Gasteiger partial charge is 0.465 e. The van der Waals surface area contributed by atoms with Gasteiger partial charge in [0.1, 0.15) is 18.3 Å². The topological polar surface area (TPSA) is 105 Å². The van der Waals surface area contributed by atoms with Gasteiger partial charge in [0.2, 0.25) is 0 Å². The molecule has 4 fully saturated rings. The lowest BCUT2D eigenvalue weighted by molar-refractivity contribution is -0.221. The molecule has 4 aliphatic rings. The van der Waals surface area contributed by atoms with Crippen LogP contribution in [0.5, 0.6) is 0 Å². The highest BCUT2D eigenvalue weighted by Crippen LogP contribution is 2.73. The summed E-state index contributed by atoms with van der Waals surface area (Å²) in [5.74, 6) is -0.897. The Bertz CT molecular complexity index is 931. The molecule has 0 amide bonds. The van der Waals surface area contributed by atoms with Crippen LogP contribution >= 0.6 is 0 Å². The van der Waals surface area contributed by atoms with Crippen molar-refractivity contribution < 1.29 is 38.1 Å². The van der Waals surface area contributed by atoms with E-state index in [2.05, 4.69) is 13.8 Å². The van der Waals surface area contributed by atoms with Crippen LogP contribution in [0.15, 0.2) is 0 Å². The summed E-state index contributed by atoms with van der Waals surface area (Å²) < 4.78 is 23.2. The van der Waals surface area contributed by atoms with Gasteiger partial charge in [0.05, 0.1) is 6.61 Å². The Balaban J connectivity index is 1.76. The standard InChI is InChI=1S/C28H42O8/c1-17(29)33-15-25(5)10-7-11-26(6)22-9-8-21-13-27(22,24(12-23(25)26)35-19(3)31)14-28(21,36-20(4)32)16-34-18(2)30/h21-24H,7-16H2,1-6H3/t21-,22+,23-,24+,25-,26+,27-,28+/m1/s1. The first-order valence-corrected chi connectivity index (χ1v) is 13.4. The Labute approximate surface area is 214 Å². The molecule has 0 aliphatic heterocycles. The van der Waals surface area contributed by atoms with Crippen molar-refractivity contribution in [1.29, 1.82) is 0 Å². The fraction of sp³-hybridized carbons (Fsp3) is 0.857. The van der Waals surface area contributed by atoms with Gasteiger partial charge in [-0.3, -0.25) is 19.2 Å². The van der Waals surface area contributed by atoms with E-state index in [1.807, 2.05) is 0 Å². The molecule has 8 atom stereocenters. The van der Waals surface area contributed by atoms with Gasteiger partial charge in [0.25, 0.3) is 0 Å². The van der Waals surface area contributed by atoms with E-state index in [1.54, 1.807) is 0 Å². The van der Waals surface area contributed by atoms with E-state index in [4.69, 9.17) is 18.9 Å². The molecule has 0 saturated heterocycles. The molecule has 0 aromatic carbocycles. The summed E-state index contributed by atoms with van der Waals surface area (Å²) in [5.41, 5.74) is -1.53. The minimum Gasteiger partial charge on any atom is -0.465 e. The summed E-state index contributed by atoms with van der Waals surface area (Å²) in [7, 11) is 0. The number of ether oxygens (including phenoxy) is 4. The number of fused-ring (bicyclic) bond motifs is 3. The molecule has 4 saturated carbocycles. The van der Waals surface area contributed by atoms with Crippen molar-refractivity contribution in [1.82, 2.24) is 0 Å². The third-order valence-electron chi connectivity index (χ3n) is 10.3. The van der Waals surface area contributed by atoms with Gasteiger partial charge in [-0.25, -0.2) is 0 Å². The normalized spacial score (nSPS) is 42.9. The van der Waals surface area contributed by atoms with Gasteiger partial charge in [-0.15, -0.1) is 0 Å². The third kappa shape index (κ3) is 4.43. The molecule has 0 aromatic heterocycles. The van der Waals surface area contributed by atoms with Gasteiger partial charge >= 0.3 is 23.9 Å². The van der Waals surface area contributed by atoms with Crippen molar-refractivity contribution in [2.45, 2.75) is 105 Å². The molecule has 0 heterocycles. The van der Waals surface area contributed by atoms with E-state index in [9.17, 15) is 19.2 Å². The SMILES string of the molecule is CC(=O)OC[C@@]1(C)CCC[C@]2(C)[C@@H]1C[C@H](OC(C)=O)[C@@]13C[C@@H](CC[C@@H]21)[C@](COC(C)=O)(OC(C)=O)C3. The van der Waals surface area contributed by atoms with Crippen LogP contribution in [0.3, 0.4) is 0 Å². The van der Waals surface area contributed by atoms with E-state index in [0.29, 0.717) is 19.4 Å². The van der Waals surface area contributed by atoms with Crippen LogP contribution in [0.1, 0.15) is 92.9 Å². The van der Waals surface area contributed by atoms with E-state index >= 15 is 0 Å². The lowest BCUT2D eigenvalue weighted by atomic mass is 9.40. The molecule has 8 nitrogen and oxygen atoms in total. The average Bonchev–Trinajstić information content (AvgIpc) is 2.99. The van der Waals surface area contributed by atoms with Gasteiger partial charge in [0.15, 0.2) is 0 Å². The van der Waals surface area contributed by atoms with Crippen LogP contribution in [0, 0.1) is 34.0 Å². The Hall–Kier alpha value is -2.12. The number of hydrogen-bond donors (Lipinski definition) is 0. The zero-order chi connectivity index (χ0) is 26.5. The molecule has 4 aliphatic carbocycles. The van der Waals surface area contributed by atoms with Gasteiger partial charge in [-0.05, 0) is 55.8 Å². The minimum atomic E-state index is -0.913. The van der Waals surface area contributed by atoms with Gasteiger partial charge in [-0.2, -0.15) is 0 Å². The number of rotatable bonds is 6. The van der Waals surface area contributed by atoms with Crippen molar-refractivity contribution >= 4 is 23.9 Å².